The highest BCUT2D eigenvalue weighted by Crippen LogP contribution is 2.27. The molecule has 0 saturated heterocycles. The van der Waals surface area contributed by atoms with Crippen molar-refractivity contribution in [1.29, 1.82) is 0 Å². The Hall–Kier alpha value is -1.52. The first-order valence-electron chi connectivity index (χ1n) is 4.44. The molecule has 80 valence electrons. The monoisotopic (exact) mass is 215 g/mol. The first-order valence-corrected chi connectivity index (χ1v) is 4.44. The van der Waals surface area contributed by atoms with Gasteiger partial charge in [-0.25, -0.2) is 0 Å². The largest absolute Gasteiger partial charge is 0.408 e. The molecule has 1 amide bonds. The summed E-state index contributed by atoms with van der Waals surface area (Å²) in [6, 6.07) is 4.57. The molecule has 2 nitrogen and oxygen atoms in total. The predicted molar refractivity (Wildman–Crippen MR) is 47.5 cm³/mol. The molecule has 1 heterocycles. The predicted octanol–water partition coefficient (Wildman–Crippen LogP) is 1.90. The number of carbonyl (C=O) groups is 1. The molecule has 0 radical (unpaired) electrons. The molecular weight excluding hydrogens is 207 g/mol. The van der Waals surface area contributed by atoms with E-state index in [1.807, 2.05) is 5.32 Å². The third-order valence-electron chi connectivity index (χ3n) is 2.39. The zero-order valence-corrected chi connectivity index (χ0v) is 7.64. The van der Waals surface area contributed by atoms with Gasteiger partial charge in [0, 0.05) is 12.0 Å². The lowest BCUT2D eigenvalue weighted by atomic mass is 9.95. The Labute approximate surface area is 84.1 Å². The number of halogens is 3. The maximum Gasteiger partial charge on any atom is 0.408 e. The topological polar surface area (TPSA) is 29.1 Å². The summed E-state index contributed by atoms with van der Waals surface area (Å²) < 4.78 is 37.2. The van der Waals surface area contributed by atoms with E-state index in [-0.39, 0.29) is 6.42 Å². The van der Waals surface area contributed by atoms with Crippen molar-refractivity contribution in [3.05, 3.63) is 35.4 Å². The van der Waals surface area contributed by atoms with E-state index in [1.54, 1.807) is 18.2 Å². The maximum absolute atomic E-state index is 12.4. The van der Waals surface area contributed by atoms with Crippen molar-refractivity contribution in [1.82, 2.24) is 5.32 Å². The van der Waals surface area contributed by atoms with Gasteiger partial charge in [-0.1, -0.05) is 18.2 Å². The molecule has 0 fully saturated rings. The van der Waals surface area contributed by atoms with Crippen LogP contribution in [-0.4, -0.2) is 18.1 Å². The zero-order valence-electron chi connectivity index (χ0n) is 7.64. The minimum absolute atomic E-state index is 0.189. The van der Waals surface area contributed by atoms with Gasteiger partial charge in [0.15, 0.2) is 0 Å². The number of nitrogens with one attached hydrogen (secondary N) is 1. The van der Waals surface area contributed by atoms with Crippen molar-refractivity contribution < 1.29 is 18.0 Å². The van der Waals surface area contributed by atoms with Gasteiger partial charge in [0.05, 0.1) is 0 Å². The Balaban J connectivity index is 2.35. The number of benzene rings is 1. The molecular formula is C10H8F3NO. The van der Waals surface area contributed by atoms with Crippen LogP contribution in [0.4, 0.5) is 13.2 Å². The van der Waals surface area contributed by atoms with Crippen LogP contribution in [0.2, 0.25) is 0 Å². The molecule has 1 atom stereocenters. The fourth-order valence-electron chi connectivity index (χ4n) is 1.62. The van der Waals surface area contributed by atoms with Crippen molar-refractivity contribution in [2.75, 3.05) is 0 Å². The summed E-state index contributed by atoms with van der Waals surface area (Å²) in [5.74, 6) is -0.654. The summed E-state index contributed by atoms with van der Waals surface area (Å²) in [6.45, 7) is 0. The van der Waals surface area contributed by atoms with Gasteiger partial charge in [-0.15, -0.1) is 0 Å². The van der Waals surface area contributed by atoms with Crippen molar-refractivity contribution >= 4 is 5.91 Å². The van der Waals surface area contributed by atoms with Gasteiger partial charge < -0.3 is 5.32 Å². The molecule has 5 heteroatoms. The number of hydrogen-bond donors (Lipinski definition) is 1. The van der Waals surface area contributed by atoms with Crippen LogP contribution in [0, 0.1) is 0 Å². The summed E-state index contributed by atoms with van der Waals surface area (Å²) in [6.07, 6.45) is -4.57. The third-order valence-corrected chi connectivity index (χ3v) is 2.39. The van der Waals surface area contributed by atoms with E-state index in [2.05, 4.69) is 0 Å². The van der Waals surface area contributed by atoms with Crippen molar-refractivity contribution in [2.45, 2.75) is 18.6 Å². The third kappa shape index (κ3) is 1.82. The Bertz CT molecular complexity index is 400. The standard InChI is InChI=1S/C10H8F3NO/c11-10(12,13)8-5-6-3-1-2-4-7(6)9(15)14-8/h1-4,8H,5H2,(H,14,15)/t8-/m0/s1. The van der Waals surface area contributed by atoms with Crippen LogP contribution in [0.15, 0.2) is 24.3 Å². The number of alkyl halides is 3. The van der Waals surface area contributed by atoms with E-state index in [4.69, 9.17) is 0 Å². The fraction of sp³-hybridized carbons (Fsp3) is 0.300. The molecule has 1 aromatic carbocycles. The summed E-state index contributed by atoms with van der Waals surface area (Å²) in [7, 11) is 0. The number of rotatable bonds is 0. The van der Waals surface area contributed by atoms with Gasteiger partial charge in [0.1, 0.15) is 6.04 Å². The Morgan fingerprint density at radius 2 is 1.93 bits per heavy atom. The van der Waals surface area contributed by atoms with Gasteiger partial charge in [0.2, 0.25) is 0 Å². The highest BCUT2D eigenvalue weighted by molar-refractivity contribution is 5.97. The second-order valence-electron chi connectivity index (χ2n) is 3.43. The molecule has 0 aromatic heterocycles. The van der Waals surface area contributed by atoms with Crippen LogP contribution in [0.3, 0.4) is 0 Å². The van der Waals surface area contributed by atoms with Gasteiger partial charge in [-0.2, -0.15) is 13.2 Å². The Kier molecular flexibility index (Phi) is 2.17. The van der Waals surface area contributed by atoms with Crippen molar-refractivity contribution in [3.63, 3.8) is 0 Å². The van der Waals surface area contributed by atoms with E-state index in [0.29, 0.717) is 11.1 Å². The zero-order chi connectivity index (χ0) is 11.1. The average Bonchev–Trinajstić information content (AvgIpc) is 2.16. The smallest absolute Gasteiger partial charge is 0.340 e. The SMILES string of the molecule is O=C1N[C@H](C(F)(F)F)Cc2ccccc21. The molecule has 1 aliphatic heterocycles. The van der Waals surface area contributed by atoms with Crippen LogP contribution in [-0.2, 0) is 6.42 Å². The maximum atomic E-state index is 12.4. The van der Waals surface area contributed by atoms with E-state index < -0.39 is 18.1 Å². The van der Waals surface area contributed by atoms with Crippen molar-refractivity contribution in [2.24, 2.45) is 0 Å². The van der Waals surface area contributed by atoms with E-state index in [1.165, 1.54) is 6.07 Å². The number of fused-ring (bicyclic) bond motifs is 1. The second kappa shape index (κ2) is 3.25. The molecule has 15 heavy (non-hydrogen) atoms. The van der Waals surface area contributed by atoms with E-state index >= 15 is 0 Å². The average molecular weight is 215 g/mol. The van der Waals surface area contributed by atoms with Gasteiger partial charge in [-0.05, 0) is 11.6 Å². The van der Waals surface area contributed by atoms with Crippen LogP contribution < -0.4 is 5.32 Å². The summed E-state index contributed by atoms with van der Waals surface area (Å²) in [5, 5.41) is 1.95. The lowest BCUT2D eigenvalue weighted by molar-refractivity contribution is -0.153. The van der Waals surface area contributed by atoms with Gasteiger partial charge in [-0.3, -0.25) is 4.79 Å². The van der Waals surface area contributed by atoms with Crippen LogP contribution in [0.1, 0.15) is 15.9 Å². The Morgan fingerprint density at radius 1 is 1.27 bits per heavy atom. The highest BCUT2D eigenvalue weighted by Gasteiger charge is 2.43. The van der Waals surface area contributed by atoms with Crippen LogP contribution in [0.25, 0.3) is 0 Å². The molecule has 1 aliphatic rings. The lowest BCUT2D eigenvalue weighted by Crippen LogP contribution is -2.50. The van der Waals surface area contributed by atoms with Crippen molar-refractivity contribution in [3.8, 4) is 0 Å². The number of hydrogen-bond acceptors (Lipinski definition) is 1. The van der Waals surface area contributed by atoms with Crippen LogP contribution >= 0.6 is 0 Å². The normalized spacial score (nSPS) is 20.7. The number of amides is 1. The Morgan fingerprint density at radius 3 is 2.60 bits per heavy atom. The molecule has 0 spiro atoms. The van der Waals surface area contributed by atoms with E-state index in [0.717, 1.165) is 0 Å². The minimum atomic E-state index is -4.39. The molecule has 1 N–H and O–H groups in total. The summed E-state index contributed by atoms with van der Waals surface area (Å²) in [4.78, 5) is 11.3. The molecule has 1 aromatic rings. The quantitative estimate of drug-likeness (QED) is 0.703. The number of carbonyl (C=O) groups excluding carboxylic acids is 1. The second-order valence-corrected chi connectivity index (χ2v) is 3.43. The molecule has 0 aliphatic carbocycles. The first kappa shape index (κ1) is 10.0. The summed E-state index contributed by atoms with van der Waals surface area (Å²) >= 11 is 0. The molecule has 0 bridgehead atoms. The minimum Gasteiger partial charge on any atom is -0.340 e. The molecule has 2 rings (SSSR count). The lowest BCUT2D eigenvalue weighted by Gasteiger charge is -2.27. The van der Waals surface area contributed by atoms with E-state index in [9.17, 15) is 18.0 Å². The molecule has 0 saturated carbocycles. The summed E-state index contributed by atoms with van der Waals surface area (Å²) in [5.41, 5.74) is 0.779. The first-order chi connectivity index (χ1) is 6.98. The van der Waals surface area contributed by atoms with Gasteiger partial charge >= 0.3 is 6.18 Å². The van der Waals surface area contributed by atoms with Crippen LogP contribution in [0.5, 0.6) is 0 Å². The van der Waals surface area contributed by atoms with Gasteiger partial charge in [0.25, 0.3) is 5.91 Å². The highest BCUT2D eigenvalue weighted by atomic mass is 19.4. The molecule has 0 unspecified atom stereocenters. The fourth-order valence-corrected chi connectivity index (χ4v) is 1.62.